The minimum absolute atomic E-state index is 0.0134. The van der Waals surface area contributed by atoms with Crippen molar-refractivity contribution in [2.75, 3.05) is 11.9 Å². The van der Waals surface area contributed by atoms with Gasteiger partial charge < -0.3 is 20.7 Å². The summed E-state index contributed by atoms with van der Waals surface area (Å²) >= 11 is 0. The number of imidazole rings is 1. The van der Waals surface area contributed by atoms with E-state index in [9.17, 15) is 14.0 Å². The fourth-order valence-corrected chi connectivity index (χ4v) is 4.92. The molecular weight excluding hydrogens is 535 g/mol. The summed E-state index contributed by atoms with van der Waals surface area (Å²) in [7, 11) is 0. The molecule has 1 aromatic carbocycles. The molecule has 0 spiro atoms. The van der Waals surface area contributed by atoms with Crippen LogP contribution in [-0.2, 0) is 11.3 Å². The SMILES string of the molecule is CC(C)(C)NCc1cncc(-c2ccn3c(C(=O)Nc4cc(C(=O)NC[C@H]5CCC(C)(C)O5)ccc4F)cnc3c2)c1. The largest absolute Gasteiger partial charge is 0.371 e. The molecule has 220 valence electrons. The highest BCUT2D eigenvalue weighted by Crippen LogP contribution is 2.29. The molecule has 1 aliphatic heterocycles. The van der Waals surface area contributed by atoms with Crippen molar-refractivity contribution in [3.63, 3.8) is 0 Å². The molecule has 4 aromatic rings. The van der Waals surface area contributed by atoms with E-state index in [1.807, 2.05) is 32.2 Å². The third kappa shape index (κ3) is 7.00. The molecule has 1 saturated heterocycles. The fraction of sp³-hybridized carbons (Fsp3) is 0.375. The summed E-state index contributed by atoms with van der Waals surface area (Å²) in [5.41, 5.74) is 3.61. The smallest absolute Gasteiger partial charge is 0.274 e. The van der Waals surface area contributed by atoms with Gasteiger partial charge in [-0.05, 0) is 95.0 Å². The number of anilines is 1. The Labute approximate surface area is 244 Å². The van der Waals surface area contributed by atoms with Gasteiger partial charge in [0, 0.05) is 48.3 Å². The number of aromatic nitrogens is 3. The number of pyridine rings is 2. The lowest BCUT2D eigenvalue weighted by atomic mass is 10.1. The fourth-order valence-electron chi connectivity index (χ4n) is 4.92. The average Bonchev–Trinajstić information content (AvgIpc) is 3.53. The van der Waals surface area contributed by atoms with Crippen molar-refractivity contribution in [2.45, 2.75) is 71.2 Å². The van der Waals surface area contributed by atoms with E-state index in [0.717, 1.165) is 29.5 Å². The molecule has 0 unspecified atom stereocenters. The number of fused-ring (bicyclic) bond motifs is 1. The Morgan fingerprint density at radius 3 is 2.62 bits per heavy atom. The molecule has 0 radical (unpaired) electrons. The van der Waals surface area contributed by atoms with Crippen molar-refractivity contribution < 1.29 is 18.7 Å². The highest BCUT2D eigenvalue weighted by atomic mass is 19.1. The number of benzene rings is 1. The number of rotatable bonds is 8. The molecule has 3 aromatic heterocycles. The summed E-state index contributed by atoms with van der Waals surface area (Å²) in [6.45, 7) is 11.4. The van der Waals surface area contributed by atoms with E-state index in [0.29, 0.717) is 18.7 Å². The van der Waals surface area contributed by atoms with Crippen molar-refractivity contribution in [3.8, 4) is 11.1 Å². The molecule has 1 atom stereocenters. The van der Waals surface area contributed by atoms with Crippen molar-refractivity contribution >= 4 is 23.1 Å². The van der Waals surface area contributed by atoms with Crippen LogP contribution in [0.5, 0.6) is 0 Å². The second-order valence-electron chi connectivity index (χ2n) is 12.4. The van der Waals surface area contributed by atoms with Crippen molar-refractivity contribution in [1.29, 1.82) is 0 Å². The first-order valence-electron chi connectivity index (χ1n) is 14.1. The molecule has 1 aliphatic rings. The van der Waals surface area contributed by atoms with Gasteiger partial charge in [0.25, 0.3) is 11.8 Å². The first-order chi connectivity index (χ1) is 19.9. The lowest BCUT2D eigenvalue weighted by Gasteiger charge is -2.20. The molecule has 2 amide bonds. The predicted octanol–water partition coefficient (Wildman–Crippen LogP) is 5.36. The van der Waals surface area contributed by atoms with Crippen molar-refractivity contribution in [1.82, 2.24) is 25.0 Å². The minimum Gasteiger partial charge on any atom is -0.371 e. The van der Waals surface area contributed by atoms with E-state index in [4.69, 9.17) is 4.74 Å². The number of hydrogen-bond acceptors (Lipinski definition) is 6. The van der Waals surface area contributed by atoms with E-state index >= 15 is 0 Å². The number of hydrogen-bond donors (Lipinski definition) is 3. The molecular formula is C32H37FN6O3. The molecule has 0 bridgehead atoms. The van der Waals surface area contributed by atoms with E-state index in [2.05, 4.69) is 52.8 Å². The number of carbonyl (C=O) groups excluding carboxylic acids is 2. The topological polar surface area (TPSA) is 110 Å². The standard InChI is InChI=1S/C32H37FN6O3/c1-31(2,3)37-16-20-12-23(17-34-15-20)21-9-11-39-27(19-35-28(39)14-21)30(41)38-26-13-22(6-7-25(26)33)29(40)36-18-24-8-10-32(4,5)42-24/h6-7,9,11-15,17,19,24,37H,8,10,16,18H2,1-5H3,(H,36,40)(H,38,41)/t24-/m1/s1. The van der Waals surface area contributed by atoms with Crippen LogP contribution in [-0.4, -0.2) is 50.0 Å². The summed E-state index contributed by atoms with van der Waals surface area (Å²) in [5, 5.41) is 8.90. The monoisotopic (exact) mass is 572 g/mol. The van der Waals surface area contributed by atoms with Gasteiger partial charge in [-0.1, -0.05) is 0 Å². The number of nitrogens with one attached hydrogen (secondary N) is 3. The van der Waals surface area contributed by atoms with E-state index in [1.165, 1.54) is 24.4 Å². The average molecular weight is 573 g/mol. The summed E-state index contributed by atoms with van der Waals surface area (Å²) in [6.07, 6.45) is 8.52. The first-order valence-corrected chi connectivity index (χ1v) is 14.1. The highest BCUT2D eigenvalue weighted by Gasteiger charge is 2.31. The maximum atomic E-state index is 14.7. The van der Waals surface area contributed by atoms with Crippen LogP contribution in [0.25, 0.3) is 16.8 Å². The maximum Gasteiger partial charge on any atom is 0.274 e. The summed E-state index contributed by atoms with van der Waals surface area (Å²) in [6, 6.07) is 9.71. The third-order valence-electron chi connectivity index (χ3n) is 7.22. The minimum atomic E-state index is -0.648. The van der Waals surface area contributed by atoms with Crippen LogP contribution in [0, 0.1) is 5.82 Å². The Morgan fingerprint density at radius 2 is 1.88 bits per heavy atom. The lowest BCUT2D eigenvalue weighted by molar-refractivity contribution is -0.0138. The maximum absolute atomic E-state index is 14.7. The summed E-state index contributed by atoms with van der Waals surface area (Å²) in [4.78, 5) is 34.7. The summed E-state index contributed by atoms with van der Waals surface area (Å²) < 4.78 is 22.2. The van der Waals surface area contributed by atoms with Gasteiger partial charge in [0.05, 0.1) is 23.6 Å². The molecule has 5 rings (SSSR count). The van der Waals surface area contributed by atoms with Gasteiger partial charge in [-0.3, -0.25) is 19.0 Å². The van der Waals surface area contributed by atoms with Crippen LogP contribution in [0.4, 0.5) is 10.1 Å². The van der Waals surface area contributed by atoms with Crippen molar-refractivity contribution in [2.24, 2.45) is 0 Å². The van der Waals surface area contributed by atoms with Gasteiger partial charge >= 0.3 is 0 Å². The lowest BCUT2D eigenvalue weighted by Crippen LogP contribution is -2.35. The number of carbonyl (C=O) groups is 2. The van der Waals surface area contributed by atoms with Crippen LogP contribution in [0.15, 0.2) is 61.2 Å². The zero-order valence-electron chi connectivity index (χ0n) is 24.6. The zero-order valence-corrected chi connectivity index (χ0v) is 24.6. The normalized spacial score (nSPS) is 16.5. The molecule has 42 heavy (non-hydrogen) atoms. The number of halogens is 1. The van der Waals surface area contributed by atoms with Gasteiger partial charge in [-0.25, -0.2) is 9.37 Å². The third-order valence-corrected chi connectivity index (χ3v) is 7.22. The molecule has 10 heteroatoms. The second kappa shape index (κ2) is 11.6. The van der Waals surface area contributed by atoms with Crippen LogP contribution in [0.2, 0.25) is 0 Å². The number of ether oxygens (including phenoxy) is 1. The molecule has 0 saturated carbocycles. The molecule has 0 aliphatic carbocycles. The number of nitrogens with zero attached hydrogens (tertiary/aromatic N) is 3. The zero-order chi connectivity index (χ0) is 30.1. The highest BCUT2D eigenvalue weighted by molar-refractivity contribution is 6.04. The van der Waals surface area contributed by atoms with Crippen molar-refractivity contribution in [3.05, 3.63) is 83.8 Å². The summed E-state index contributed by atoms with van der Waals surface area (Å²) in [5.74, 6) is -1.57. The molecule has 3 N–H and O–H groups in total. The predicted molar refractivity (Wildman–Crippen MR) is 160 cm³/mol. The van der Waals surface area contributed by atoms with Crippen LogP contribution >= 0.6 is 0 Å². The van der Waals surface area contributed by atoms with E-state index < -0.39 is 11.7 Å². The Kier molecular flexibility index (Phi) is 8.12. The van der Waals surface area contributed by atoms with Crippen LogP contribution in [0.1, 0.15) is 73.9 Å². The number of amides is 2. The second-order valence-corrected chi connectivity index (χ2v) is 12.4. The Hall–Kier alpha value is -4.15. The Bertz CT molecular complexity index is 1620. The Balaban J connectivity index is 1.28. The first kappa shape index (κ1) is 29.3. The van der Waals surface area contributed by atoms with Gasteiger partial charge in [0.15, 0.2) is 0 Å². The molecule has 9 nitrogen and oxygen atoms in total. The molecule has 4 heterocycles. The van der Waals surface area contributed by atoms with Gasteiger partial charge in [0.1, 0.15) is 17.2 Å². The van der Waals surface area contributed by atoms with Gasteiger partial charge in [-0.15, -0.1) is 0 Å². The molecule has 1 fully saturated rings. The van der Waals surface area contributed by atoms with E-state index in [-0.39, 0.29) is 40.1 Å². The van der Waals surface area contributed by atoms with Gasteiger partial charge in [0.2, 0.25) is 0 Å². The van der Waals surface area contributed by atoms with E-state index in [1.54, 1.807) is 16.8 Å². The quantitative estimate of drug-likeness (QED) is 0.262. The Morgan fingerprint density at radius 1 is 1.07 bits per heavy atom. The van der Waals surface area contributed by atoms with Gasteiger partial charge in [-0.2, -0.15) is 0 Å². The van der Waals surface area contributed by atoms with Crippen LogP contribution in [0.3, 0.4) is 0 Å². The van der Waals surface area contributed by atoms with Crippen LogP contribution < -0.4 is 16.0 Å².